The Morgan fingerprint density at radius 1 is 0.976 bits per heavy atom. The maximum absolute atomic E-state index is 14.0. The molecule has 0 aromatic heterocycles. The van der Waals surface area contributed by atoms with E-state index in [2.05, 4.69) is 17.6 Å². The lowest BCUT2D eigenvalue weighted by molar-refractivity contribution is -0.143. The molecule has 0 aromatic rings. The van der Waals surface area contributed by atoms with E-state index in [9.17, 15) is 24.0 Å². The van der Waals surface area contributed by atoms with Crippen molar-refractivity contribution in [1.29, 1.82) is 0 Å². The third kappa shape index (κ3) is 13.3. The number of nitrogens with one attached hydrogen (secondary N) is 2. The van der Waals surface area contributed by atoms with E-state index < -0.39 is 52.2 Å². The summed E-state index contributed by atoms with van der Waals surface area (Å²) in [5.74, 6) is -2.85. The molecule has 1 saturated heterocycles. The van der Waals surface area contributed by atoms with Crippen LogP contribution in [0.15, 0.2) is 0 Å². The molecule has 0 aromatic carbocycles. The normalized spacial score (nSPS) is 18.4. The molecule has 1 aliphatic rings. The first kappa shape index (κ1) is 39.7. The molecular formula is C31H58N4O6S. The van der Waals surface area contributed by atoms with Gasteiger partial charge in [-0.25, -0.2) is 4.79 Å². The molecule has 10 nitrogen and oxygen atoms in total. The van der Waals surface area contributed by atoms with E-state index >= 15 is 0 Å². The van der Waals surface area contributed by atoms with E-state index in [-0.39, 0.29) is 17.1 Å². The Labute approximate surface area is 258 Å². The summed E-state index contributed by atoms with van der Waals surface area (Å²) in [4.78, 5) is 66.0. The number of likely N-dealkylation sites (tertiary alicyclic amines) is 1. The summed E-state index contributed by atoms with van der Waals surface area (Å²) in [5.41, 5.74) is 3.85. The maximum atomic E-state index is 14.0. The highest BCUT2D eigenvalue weighted by atomic mass is 32.2. The van der Waals surface area contributed by atoms with E-state index in [1.165, 1.54) is 4.90 Å². The van der Waals surface area contributed by atoms with Crippen molar-refractivity contribution < 1.29 is 28.7 Å². The minimum Gasteiger partial charge on any atom is -0.444 e. The van der Waals surface area contributed by atoms with Crippen LogP contribution in [0.3, 0.4) is 0 Å². The number of thioether (sulfide) groups is 1. The summed E-state index contributed by atoms with van der Waals surface area (Å²) in [6.07, 6.45) is 5.16. The molecule has 42 heavy (non-hydrogen) atoms. The number of ether oxygens (including phenoxy) is 1. The number of alkyl carbamates (subject to hydrolysis) is 1. The number of hydrogen-bond donors (Lipinski definition) is 3. The van der Waals surface area contributed by atoms with Crippen LogP contribution in [0.1, 0.15) is 121 Å². The molecule has 3 unspecified atom stereocenters. The fourth-order valence-corrected chi connectivity index (χ4v) is 5.85. The average Bonchev–Trinajstić information content (AvgIpc) is 3.30. The monoisotopic (exact) mass is 614 g/mol. The number of unbranched alkanes of at least 4 members (excludes halogenated alkanes) is 2. The number of carbonyl (C=O) groups is 5. The van der Waals surface area contributed by atoms with Gasteiger partial charge in [-0.3, -0.25) is 19.2 Å². The zero-order valence-corrected chi connectivity index (χ0v) is 28.7. The highest BCUT2D eigenvalue weighted by molar-refractivity contribution is 8.01. The molecule has 4 amide bonds. The number of nitrogens with zero attached hydrogens (tertiary/aromatic N) is 1. The number of amides is 4. The van der Waals surface area contributed by atoms with Gasteiger partial charge in [-0.15, -0.1) is 11.8 Å². The summed E-state index contributed by atoms with van der Waals surface area (Å²) in [6.45, 7) is 21.4. The van der Waals surface area contributed by atoms with Gasteiger partial charge in [0.05, 0.1) is 0 Å². The van der Waals surface area contributed by atoms with Gasteiger partial charge in [0.2, 0.25) is 11.8 Å². The zero-order valence-electron chi connectivity index (χ0n) is 27.9. The number of hydrogen-bond acceptors (Lipinski definition) is 7. The van der Waals surface area contributed by atoms with Crippen LogP contribution < -0.4 is 16.4 Å². The van der Waals surface area contributed by atoms with Crippen molar-refractivity contribution >= 4 is 41.4 Å². The Morgan fingerprint density at radius 3 is 2.05 bits per heavy atom. The highest BCUT2D eigenvalue weighted by Gasteiger charge is 2.45. The minimum absolute atomic E-state index is 0.0607. The predicted octanol–water partition coefficient (Wildman–Crippen LogP) is 5.17. The average molecular weight is 615 g/mol. The number of nitrogens with two attached hydrogens (primary N) is 1. The van der Waals surface area contributed by atoms with Crippen LogP contribution in [-0.2, 0) is 23.9 Å². The van der Waals surface area contributed by atoms with Crippen molar-refractivity contribution in [2.45, 2.75) is 149 Å². The number of primary amides is 1. The Morgan fingerprint density at radius 2 is 1.57 bits per heavy atom. The highest BCUT2D eigenvalue weighted by Crippen LogP contribution is 2.31. The first-order valence-corrected chi connectivity index (χ1v) is 16.5. The fourth-order valence-electron chi connectivity index (χ4n) is 4.89. The van der Waals surface area contributed by atoms with Crippen LogP contribution in [0.5, 0.6) is 0 Å². The van der Waals surface area contributed by atoms with Crippen LogP contribution in [0.4, 0.5) is 4.79 Å². The number of ketones is 1. The zero-order chi connectivity index (χ0) is 32.8. The van der Waals surface area contributed by atoms with Crippen LogP contribution >= 0.6 is 11.8 Å². The van der Waals surface area contributed by atoms with E-state index in [0.29, 0.717) is 19.4 Å². The smallest absolute Gasteiger partial charge is 0.408 e. The van der Waals surface area contributed by atoms with Gasteiger partial charge in [0.25, 0.3) is 11.7 Å². The van der Waals surface area contributed by atoms with E-state index in [0.717, 1.165) is 43.9 Å². The Balaban J connectivity index is 0.00000821. The van der Waals surface area contributed by atoms with Gasteiger partial charge in [0.15, 0.2) is 0 Å². The Bertz CT molecular complexity index is 902. The van der Waals surface area contributed by atoms with Crippen molar-refractivity contribution in [2.75, 3.05) is 6.54 Å². The van der Waals surface area contributed by atoms with Crippen molar-refractivity contribution in [3.8, 4) is 0 Å². The predicted molar refractivity (Wildman–Crippen MR) is 170 cm³/mol. The van der Waals surface area contributed by atoms with E-state index in [4.69, 9.17) is 10.5 Å². The van der Waals surface area contributed by atoms with Crippen molar-refractivity contribution in [3.63, 3.8) is 0 Å². The molecule has 1 fully saturated rings. The third-order valence-corrected chi connectivity index (χ3v) is 8.11. The van der Waals surface area contributed by atoms with Crippen molar-refractivity contribution in [2.24, 2.45) is 17.1 Å². The van der Waals surface area contributed by atoms with Crippen LogP contribution in [0.25, 0.3) is 0 Å². The van der Waals surface area contributed by atoms with Gasteiger partial charge in [-0.2, -0.15) is 0 Å². The van der Waals surface area contributed by atoms with Gasteiger partial charge in [-0.05, 0) is 50.9 Å². The molecule has 244 valence electrons. The van der Waals surface area contributed by atoms with Gasteiger partial charge >= 0.3 is 6.09 Å². The molecule has 1 aliphatic heterocycles. The topological polar surface area (TPSA) is 148 Å². The first-order chi connectivity index (χ1) is 19.4. The van der Waals surface area contributed by atoms with Gasteiger partial charge in [0, 0.05) is 11.8 Å². The first-order valence-electron chi connectivity index (χ1n) is 15.5. The number of Topliss-reactive ketones (excluding diaryl/α,β-unsaturated/α-hetero) is 1. The molecule has 1 heterocycles. The molecule has 11 heteroatoms. The Kier molecular flexibility index (Phi) is 17.4. The molecule has 0 radical (unpaired) electrons. The third-order valence-electron chi connectivity index (χ3n) is 6.96. The lowest BCUT2D eigenvalue weighted by Gasteiger charge is -2.36. The Hall–Kier alpha value is -2.30. The number of carbonyl (C=O) groups excluding carboxylic acids is 5. The summed E-state index contributed by atoms with van der Waals surface area (Å²) < 4.78 is 5.71. The van der Waals surface area contributed by atoms with Crippen LogP contribution in [0.2, 0.25) is 0 Å². The summed E-state index contributed by atoms with van der Waals surface area (Å²) in [7, 11) is 0. The second-order valence-electron chi connectivity index (χ2n) is 12.7. The molecule has 0 spiro atoms. The van der Waals surface area contributed by atoms with E-state index in [1.54, 1.807) is 0 Å². The molecular weight excluding hydrogens is 556 g/mol. The van der Waals surface area contributed by atoms with Crippen LogP contribution in [-0.4, -0.2) is 69.4 Å². The summed E-state index contributed by atoms with van der Waals surface area (Å²) >= 11 is 1.12. The molecule has 1 rings (SSSR count). The molecule has 0 aliphatic carbocycles. The summed E-state index contributed by atoms with van der Waals surface area (Å²) in [5, 5.41) is 4.24. The lowest BCUT2D eigenvalue weighted by atomic mass is 9.85. The minimum atomic E-state index is -1.14. The van der Waals surface area contributed by atoms with Crippen molar-refractivity contribution in [1.82, 2.24) is 15.5 Å². The second kappa shape index (κ2) is 18.4. The molecule has 0 bridgehead atoms. The molecule has 4 N–H and O–H groups in total. The SMILES string of the molecule is CC.CCCCCC(C)(C)OC(=O)NC(C(=O)N1C[C@H](CCC)CC1C(=O)NC(SC(C)C)C(=O)C(N)=O)C(C)(C)C. The van der Waals surface area contributed by atoms with Crippen molar-refractivity contribution in [3.05, 3.63) is 0 Å². The van der Waals surface area contributed by atoms with Gasteiger partial charge < -0.3 is 26.0 Å². The van der Waals surface area contributed by atoms with Gasteiger partial charge in [0.1, 0.15) is 23.1 Å². The molecule has 4 atom stereocenters. The van der Waals surface area contributed by atoms with E-state index in [1.807, 2.05) is 69.2 Å². The molecule has 0 saturated carbocycles. The second-order valence-corrected chi connectivity index (χ2v) is 14.4. The lowest BCUT2D eigenvalue weighted by Crippen LogP contribution is -2.59. The number of rotatable bonds is 15. The summed E-state index contributed by atoms with van der Waals surface area (Å²) in [6, 6.07) is -1.80. The van der Waals surface area contributed by atoms with Gasteiger partial charge in [-0.1, -0.05) is 81.6 Å². The fraction of sp³-hybridized carbons (Fsp3) is 0.839. The largest absolute Gasteiger partial charge is 0.444 e. The van der Waals surface area contributed by atoms with Crippen LogP contribution in [0, 0.1) is 11.3 Å². The standard InChI is InChI=1S/C29H52N4O6S.C2H6/c1-10-12-13-15-29(8,9)39-27(38)31-22(28(5,6)7)26(37)33-17-19(14-11-2)16-20(33)24(36)32-25(40-18(3)4)21(34)23(30)35;1-2/h18-20,22,25H,10-17H2,1-9H3,(H2,30,35)(H,31,38)(H,32,36);1-2H3/t19-,20?,22?,25?;/m1./s1. The maximum Gasteiger partial charge on any atom is 0.408 e. The quantitative estimate of drug-likeness (QED) is 0.131.